The highest BCUT2D eigenvalue weighted by molar-refractivity contribution is 7.71. The van der Waals surface area contributed by atoms with Gasteiger partial charge in [0.25, 0.3) is 0 Å². The Bertz CT molecular complexity index is 696. The molecule has 0 atom stereocenters. The zero-order valence-electron chi connectivity index (χ0n) is 13.1. The highest BCUT2D eigenvalue weighted by Gasteiger charge is 2.13. The molecule has 1 aromatic heterocycles. The third-order valence-corrected chi connectivity index (χ3v) is 4.02. The molecule has 2 rings (SSSR count). The van der Waals surface area contributed by atoms with Crippen LogP contribution in [0.25, 0.3) is 11.4 Å². The monoisotopic (exact) mass is 315 g/mol. The van der Waals surface area contributed by atoms with Crippen LogP contribution in [0.2, 0.25) is 0 Å². The maximum absolute atomic E-state index is 8.74. The summed E-state index contributed by atoms with van der Waals surface area (Å²) >= 11 is 5.56. The Morgan fingerprint density at radius 2 is 2.00 bits per heavy atom. The summed E-state index contributed by atoms with van der Waals surface area (Å²) in [7, 11) is 0. The Kier molecular flexibility index (Phi) is 5.87. The van der Waals surface area contributed by atoms with Crippen molar-refractivity contribution in [3.05, 3.63) is 35.1 Å². The van der Waals surface area contributed by atoms with Gasteiger partial charge in [0.05, 0.1) is 12.7 Å². The lowest BCUT2D eigenvalue weighted by Crippen LogP contribution is -2.28. The number of nitrogens with zero attached hydrogens (tertiary/aromatic N) is 5. The molecular formula is C16H21N5S. The molecule has 0 saturated carbocycles. The van der Waals surface area contributed by atoms with Crippen LogP contribution < -0.4 is 0 Å². The number of rotatable bonds is 7. The summed E-state index contributed by atoms with van der Waals surface area (Å²) in [5.74, 6) is 0.893. The van der Waals surface area contributed by atoms with Crippen LogP contribution in [0.3, 0.4) is 0 Å². The fraction of sp³-hybridized carbons (Fsp3) is 0.438. The minimum absolute atomic E-state index is 0.515. The van der Waals surface area contributed by atoms with Gasteiger partial charge in [0.1, 0.15) is 0 Å². The minimum atomic E-state index is 0.515. The lowest BCUT2D eigenvalue weighted by Gasteiger charge is -2.18. The van der Waals surface area contributed by atoms with Gasteiger partial charge in [-0.3, -0.25) is 4.90 Å². The van der Waals surface area contributed by atoms with Gasteiger partial charge in [-0.05, 0) is 25.7 Å². The van der Waals surface area contributed by atoms with E-state index in [1.165, 1.54) is 0 Å². The fourth-order valence-corrected chi connectivity index (χ4v) is 2.66. The summed E-state index contributed by atoms with van der Waals surface area (Å²) < 4.78 is 4.61. The van der Waals surface area contributed by atoms with Crippen molar-refractivity contribution in [3.8, 4) is 17.5 Å². The predicted octanol–water partition coefficient (Wildman–Crippen LogP) is 3.29. The van der Waals surface area contributed by atoms with Crippen LogP contribution in [-0.2, 0) is 13.2 Å². The largest absolute Gasteiger partial charge is 0.300 e. The van der Waals surface area contributed by atoms with Gasteiger partial charge < -0.3 is 4.57 Å². The van der Waals surface area contributed by atoms with Gasteiger partial charge in [0.2, 0.25) is 0 Å². The minimum Gasteiger partial charge on any atom is -0.300 e. The first-order chi connectivity index (χ1) is 10.7. The second kappa shape index (κ2) is 7.87. The van der Waals surface area contributed by atoms with Crippen molar-refractivity contribution >= 4 is 12.2 Å². The first kappa shape index (κ1) is 16.4. The van der Waals surface area contributed by atoms with Gasteiger partial charge in [-0.2, -0.15) is 10.4 Å². The molecule has 0 spiro atoms. The average Bonchev–Trinajstić information content (AvgIpc) is 2.88. The number of hydrogen-bond donors (Lipinski definition) is 0. The summed E-state index contributed by atoms with van der Waals surface area (Å²) in [6.45, 7) is 7.15. The van der Waals surface area contributed by atoms with E-state index in [0.29, 0.717) is 13.1 Å². The lowest BCUT2D eigenvalue weighted by molar-refractivity contribution is 0.220. The lowest BCUT2D eigenvalue weighted by atomic mass is 10.2. The molecule has 0 unspecified atom stereocenters. The van der Waals surface area contributed by atoms with E-state index in [9.17, 15) is 0 Å². The Hall–Kier alpha value is -1.97. The molecule has 22 heavy (non-hydrogen) atoms. The summed E-state index contributed by atoms with van der Waals surface area (Å²) in [6.07, 6.45) is 0.515. The Morgan fingerprint density at radius 1 is 1.27 bits per heavy atom. The van der Waals surface area contributed by atoms with Crippen LogP contribution in [0.15, 0.2) is 30.3 Å². The van der Waals surface area contributed by atoms with E-state index < -0.39 is 0 Å². The molecule has 0 aliphatic rings. The van der Waals surface area contributed by atoms with E-state index >= 15 is 0 Å². The van der Waals surface area contributed by atoms with Crippen molar-refractivity contribution in [2.45, 2.75) is 33.5 Å². The molecule has 0 radical (unpaired) electrons. The quantitative estimate of drug-likeness (QED) is 0.736. The maximum atomic E-state index is 8.74. The molecule has 0 N–H and O–H groups in total. The molecule has 2 aromatic rings. The molecule has 0 aliphatic heterocycles. The first-order valence-electron chi connectivity index (χ1n) is 7.53. The molecule has 116 valence electrons. The third-order valence-electron chi connectivity index (χ3n) is 3.59. The molecule has 0 bridgehead atoms. The number of hydrogen-bond acceptors (Lipinski definition) is 4. The summed E-state index contributed by atoms with van der Waals surface area (Å²) in [5.41, 5.74) is 1.06. The van der Waals surface area contributed by atoms with Crippen molar-refractivity contribution in [1.82, 2.24) is 19.2 Å². The third kappa shape index (κ3) is 3.62. The number of benzene rings is 1. The zero-order valence-corrected chi connectivity index (χ0v) is 13.9. The van der Waals surface area contributed by atoms with E-state index in [0.717, 1.165) is 35.8 Å². The van der Waals surface area contributed by atoms with Crippen molar-refractivity contribution in [2.75, 3.05) is 13.1 Å². The molecule has 6 heteroatoms. The summed E-state index contributed by atoms with van der Waals surface area (Å²) in [4.78, 5) is 2.17. The van der Waals surface area contributed by atoms with Crippen LogP contribution in [0, 0.1) is 16.1 Å². The van der Waals surface area contributed by atoms with E-state index in [1.54, 1.807) is 0 Å². The van der Waals surface area contributed by atoms with Gasteiger partial charge in [-0.15, -0.1) is 0 Å². The molecule has 1 aromatic carbocycles. The van der Waals surface area contributed by atoms with Crippen molar-refractivity contribution in [1.29, 1.82) is 5.26 Å². The normalized spacial score (nSPS) is 10.8. The molecule has 5 nitrogen and oxygen atoms in total. The smallest absolute Gasteiger partial charge is 0.199 e. The molecule has 0 amide bonds. The maximum Gasteiger partial charge on any atom is 0.199 e. The second-order valence-electron chi connectivity index (χ2n) is 4.98. The van der Waals surface area contributed by atoms with E-state index in [4.69, 9.17) is 22.6 Å². The van der Waals surface area contributed by atoms with Crippen LogP contribution in [-0.4, -0.2) is 32.3 Å². The van der Waals surface area contributed by atoms with E-state index in [2.05, 4.69) is 24.8 Å². The topological polar surface area (TPSA) is 49.8 Å². The Labute approximate surface area is 136 Å². The van der Waals surface area contributed by atoms with Crippen LogP contribution >= 0.6 is 12.2 Å². The fourth-order valence-electron chi connectivity index (χ4n) is 2.35. The second-order valence-corrected chi connectivity index (χ2v) is 5.34. The molecular weight excluding hydrogens is 294 g/mol. The van der Waals surface area contributed by atoms with Crippen LogP contribution in [0.5, 0.6) is 0 Å². The molecule has 0 saturated heterocycles. The number of aromatic nitrogens is 3. The standard InChI is InChI=1S/C16H21N5S/c1-3-19(12-8-11-17)13-21-16(22)20(4-2)15(18-21)14-9-6-5-7-10-14/h5-7,9-10H,3-4,8,12-13H2,1-2H3. The zero-order chi connectivity index (χ0) is 15.9. The van der Waals surface area contributed by atoms with E-state index in [1.807, 2.05) is 39.6 Å². The first-order valence-corrected chi connectivity index (χ1v) is 7.94. The summed E-state index contributed by atoms with van der Waals surface area (Å²) in [5, 5.41) is 13.4. The average molecular weight is 315 g/mol. The molecule has 0 fully saturated rings. The van der Waals surface area contributed by atoms with Gasteiger partial charge in [-0.25, -0.2) is 4.68 Å². The van der Waals surface area contributed by atoms with Crippen LogP contribution in [0.1, 0.15) is 20.3 Å². The van der Waals surface area contributed by atoms with Gasteiger partial charge in [-0.1, -0.05) is 37.3 Å². The highest BCUT2D eigenvalue weighted by atomic mass is 32.1. The van der Waals surface area contributed by atoms with Crippen molar-refractivity contribution in [2.24, 2.45) is 0 Å². The van der Waals surface area contributed by atoms with Gasteiger partial charge in [0, 0.05) is 25.1 Å². The van der Waals surface area contributed by atoms with Crippen LogP contribution in [0.4, 0.5) is 0 Å². The van der Waals surface area contributed by atoms with Crippen molar-refractivity contribution in [3.63, 3.8) is 0 Å². The predicted molar refractivity (Wildman–Crippen MR) is 89.6 cm³/mol. The Morgan fingerprint density at radius 3 is 2.59 bits per heavy atom. The van der Waals surface area contributed by atoms with Crippen molar-refractivity contribution < 1.29 is 0 Å². The highest BCUT2D eigenvalue weighted by Crippen LogP contribution is 2.18. The number of nitriles is 1. The summed E-state index contributed by atoms with van der Waals surface area (Å²) in [6, 6.07) is 12.3. The molecule has 0 aliphatic carbocycles. The van der Waals surface area contributed by atoms with Gasteiger partial charge >= 0.3 is 0 Å². The van der Waals surface area contributed by atoms with Gasteiger partial charge in [0.15, 0.2) is 10.6 Å². The molecule has 1 heterocycles. The SMILES string of the molecule is CCN(CCC#N)Cn1nc(-c2ccccc2)n(CC)c1=S. The Balaban J connectivity index is 2.32. The van der Waals surface area contributed by atoms with E-state index in [-0.39, 0.29) is 0 Å².